The fourth-order valence-electron chi connectivity index (χ4n) is 7.65. The zero-order valence-electron chi connectivity index (χ0n) is 43.9. The molecule has 0 saturated heterocycles. The Morgan fingerprint density at radius 3 is 0.653 bits per heavy atom. The molecule has 3 amide bonds. The van der Waals surface area contributed by atoms with Crippen molar-refractivity contribution in [1.29, 1.82) is 0 Å². The minimum atomic E-state index is -0.434. The molecule has 15 heteroatoms. The summed E-state index contributed by atoms with van der Waals surface area (Å²) in [5.74, 6) is -0.679. The Kier molecular flexibility index (Phi) is 17.9. The zero-order valence-corrected chi connectivity index (χ0v) is 43.9. The molecule has 0 fully saturated rings. The van der Waals surface area contributed by atoms with Gasteiger partial charge in [0.25, 0.3) is 34.8 Å². The van der Waals surface area contributed by atoms with E-state index in [1.165, 1.54) is 36.4 Å². The number of carbonyl (C=O) groups excluding carboxylic acids is 3. The maximum absolute atomic E-state index is 12.5. The van der Waals surface area contributed by atoms with Gasteiger partial charge in [-0.1, -0.05) is 98.7 Å². The number of anilines is 3. The number of amides is 3. The second-order valence-corrected chi connectivity index (χ2v) is 21.0. The summed E-state index contributed by atoms with van der Waals surface area (Å²) in [4.78, 5) is 68.7. The van der Waals surface area contributed by atoms with Crippen LogP contribution in [-0.4, -0.2) is 32.5 Å². The molecular formula is C57H66N6O9. The van der Waals surface area contributed by atoms with Gasteiger partial charge in [-0.3, -0.25) is 44.7 Å². The van der Waals surface area contributed by atoms with Crippen LogP contribution in [0.4, 0.5) is 34.1 Å². The lowest BCUT2D eigenvalue weighted by atomic mass is 9.86. The maximum atomic E-state index is 12.5. The number of aryl methyl sites for hydroxylation is 6. The molecule has 0 aromatic heterocycles. The van der Waals surface area contributed by atoms with Crippen LogP contribution in [0.3, 0.4) is 0 Å². The Morgan fingerprint density at radius 2 is 0.514 bits per heavy atom. The Morgan fingerprint density at radius 1 is 0.347 bits per heavy atom. The summed E-state index contributed by atoms with van der Waals surface area (Å²) in [5.41, 5.74) is 11.1. The highest BCUT2D eigenvalue weighted by molar-refractivity contribution is 6.06. The third-order valence-corrected chi connectivity index (χ3v) is 11.9. The Labute approximate surface area is 421 Å². The normalized spacial score (nSPS) is 11.2. The van der Waals surface area contributed by atoms with E-state index >= 15 is 0 Å². The van der Waals surface area contributed by atoms with Crippen molar-refractivity contribution in [3.63, 3.8) is 0 Å². The summed E-state index contributed by atoms with van der Waals surface area (Å²) >= 11 is 0. The van der Waals surface area contributed by atoms with Gasteiger partial charge in [0.2, 0.25) is 0 Å². The van der Waals surface area contributed by atoms with Crippen LogP contribution in [0.15, 0.2) is 109 Å². The smallest absolute Gasteiger partial charge is 0.270 e. The molecule has 72 heavy (non-hydrogen) atoms. The molecule has 6 rings (SSSR count). The molecule has 15 nitrogen and oxygen atoms in total. The third-order valence-electron chi connectivity index (χ3n) is 11.9. The van der Waals surface area contributed by atoms with Gasteiger partial charge in [0.05, 0.1) is 14.8 Å². The number of nitrogens with one attached hydrogen (secondary N) is 3. The molecule has 0 radical (unpaired) electrons. The summed E-state index contributed by atoms with van der Waals surface area (Å²) in [6.45, 7) is 29.5. The van der Waals surface area contributed by atoms with Gasteiger partial charge in [0, 0.05) is 70.2 Å². The first-order chi connectivity index (χ1) is 33.3. The minimum absolute atomic E-state index is 0.0255. The van der Waals surface area contributed by atoms with E-state index in [0.29, 0.717) is 67.1 Å². The molecule has 0 bridgehead atoms. The zero-order chi connectivity index (χ0) is 54.2. The average molecular weight is 979 g/mol. The van der Waals surface area contributed by atoms with Crippen molar-refractivity contribution in [2.24, 2.45) is 0 Å². The Bertz CT molecular complexity index is 2620. The molecule has 3 N–H and O–H groups in total. The molecule has 6 aromatic carbocycles. The lowest BCUT2D eigenvalue weighted by Gasteiger charge is -2.19. The van der Waals surface area contributed by atoms with Crippen molar-refractivity contribution in [1.82, 2.24) is 0 Å². The largest absolute Gasteiger partial charge is 0.321 e. The summed E-state index contributed by atoms with van der Waals surface area (Å²) in [6, 6.07) is 31.3. The van der Waals surface area contributed by atoms with Gasteiger partial charge in [0.1, 0.15) is 0 Å². The van der Waals surface area contributed by atoms with E-state index in [2.05, 4.69) is 78.3 Å². The van der Waals surface area contributed by atoms with E-state index in [0.717, 1.165) is 16.7 Å². The molecule has 0 spiro atoms. The first-order valence-corrected chi connectivity index (χ1v) is 23.3. The van der Waals surface area contributed by atoms with Crippen LogP contribution in [0.1, 0.15) is 143 Å². The summed E-state index contributed by atoms with van der Waals surface area (Å²) in [7, 11) is 0. The molecule has 0 atom stereocenters. The van der Waals surface area contributed by atoms with E-state index in [-0.39, 0.29) is 51.0 Å². The number of carbonyl (C=O) groups is 3. The highest BCUT2D eigenvalue weighted by Crippen LogP contribution is 2.31. The summed E-state index contributed by atoms with van der Waals surface area (Å²) in [6.07, 6.45) is 0. The van der Waals surface area contributed by atoms with Gasteiger partial charge >= 0.3 is 0 Å². The van der Waals surface area contributed by atoms with Gasteiger partial charge in [0.15, 0.2) is 0 Å². The van der Waals surface area contributed by atoms with Crippen molar-refractivity contribution >= 4 is 51.8 Å². The lowest BCUT2D eigenvalue weighted by Crippen LogP contribution is -2.15. The van der Waals surface area contributed by atoms with Gasteiger partial charge in [-0.2, -0.15) is 0 Å². The summed E-state index contributed by atoms with van der Waals surface area (Å²) < 4.78 is 0. The molecule has 0 unspecified atom stereocenters. The van der Waals surface area contributed by atoms with Crippen LogP contribution < -0.4 is 16.0 Å². The van der Waals surface area contributed by atoms with Gasteiger partial charge in [-0.25, -0.2) is 0 Å². The molecule has 0 aliphatic rings. The van der Waals surface area contributed by atoms with Crippen molar-refractivity contribution < 1.29 is 29.2 Å². The number of benzene rings is 6. The van der Waals surface area contributed by atoms with Crippen LogP contribution in [0, 0.1) is 71.9 Å². The van der Waals surface area contributed by atoms with E-state index in [9.17, 15) is 44.7 Å². The van der Waals surface area contributed by atoms with E-state index < -0.39 is 14.8 Å². The number of nitrogens with zero attached hydrogens (tertiary/aromatic N) is 3. The number of nitro benzene ring substituents is 3. The minimum Gasteiger partial charge on any atom is -0.321 e. The van der Waals surface area contributed by atoms with Crippen LogP contribution in [-0.2, 0) is 16.2 Å². The lowest BCUT2D eigenvalue weighted by molar-refractivity contribution is -0.385. The van der Waals surface area contributed by atoms with Crippen molar-refractivity contribution in [3.8, 4) is 0 Å². The number of hydrogen-bond acceptors (Lipinski definition) is 9. The van der Waals surface area contributed by atoms with Crippen LogP contribution in [0.25, 0.3) is 0 Å². The third kappa shape index (κ3) is 15.0. The standard InChI is InChI=1S/3C19H22N2O3/c3*1-12-10-16(21(23)24)11-13(2)17(12)20-18(22)14-6-8-15(9-7-14)19(3,4)5/h3*6-11H,1-5H3,(H,20,22). The highest BCUT2D eigenvalue weighted by Gasteiger charge is 2.21. The second-order valence-electron chi connectivity index (χ2n) is 21.0. The van der Waals surface area contributed by atoms with E-state index in [4.69, 9.17) is 0 Å². The van der Waals surface area contributed by atoms with Gasteiger partial charge in [-0.15, -0.1) is 0 Å². The molecule has 6 aromatic rings. The van der Waals surface area contributed by atoms with Crippen molar-refractivity contribution in [2.45, 2.75) is 120 Å². The number of hydrogen-bond donors (Lipinski definition) is 3. The van der Waals surface area contributed by atoms with Crippen molar-refractivity contribution in [3.05, 3.63) is 206 Å². The van der Waals surface area contributed by atoms with Crippen LogP contribution >= 0.6 is 0 Å². The molecule has 0 aliphatic heterocycles. The quantitative estimate of drug-likeness (QED) is 0.0926. The predicted octanol–water partition coefficient (Wildman–Crippen LogP) is 14.3. The number of rotatable bonds is 9. The first kappa shape index (κ1) is 56.5. The topological polar surface area (TPSA) is 217 Å². The maximum Gasteiger partial charge on any atom is 0.270 e. The van der Waals surface area contributed by atoms with Crippen LogP contribution in [0.2, 0.25) is 0 Å². The SMILES string of the molecule is Cc1cc([N+](=O)[O-])cc(C)c1NC(=O)c1ccc(C(C)(C)C)cc1.Cc1cc([N+](=O)[O-])cc(C)c1NC(=O)c1ccc(C(C)(C)C)cc1.Cc1cc([N+](=O)[O-])cc(C)c1NC(=O)c1ccc(C(C)(C)C)cc1. The van der Waals surface area contributed by atoms with Gasteiger partial charge in [-0.05, 0) is 144 Å². The number of nitro groups is 3. The number of non-ortho nitro benzene ring substituents is 3. The van der Waals surface area contributed by atoms with Crippen LogP contribution in [0.5, 0.6) is 0 Å². The van der Waals surface area contributed by atoms with Crippen molar-refractivity contribution in [2.75, 3.05) is 16.0 Å². The predicted molar refractivity (Wildman–Crippen MR) is 287 cm³/mol. The first-order valence-electron chi connectivity index (χ1n) is 23.3. The molecule has 0 saturated carbocycles. The highest BCUT2D eigenvalue weighted by atomic mass is 16.6. The second kappa shape index (κ2) is 22.8. The Balaban J connectivity index is 0.000000234. The molecule has 0 heterocycles. The fourth-order valence-corrected chi connectivity index (χ4v) is 7.65. The van der Waals surface area contributed by atoms with E-state index in [1.54, 1.807) is 77.9 Å². The fraction of sp³-hybridized carbons (Fsp3) is 0.316. The summed E-state index contributed by atoms with van der Waals surface area (Å²) in [5, 5.41) is 41.2. The monoisotopic (exact) mass is 978 g/mol. The molecule has 0 aliphatic carbocycles. The average Bonchev–Trinajstić information content (AvgIpc) is 3.29. The Hall–Kier alpha value is -8.07. The molecule has 378 valence electrons. The molecular weight excluding hydrogens is 913 g/mol. The van der Waals surface area contributed by atoms with E-state index in [1.807, 2.05) is 36.4 Å². The van der Waals surface area contributed by atoms with Gasteiger partial charge < -0.3 is 16.0 Å².